The first-order chi connectivity index (χ1) is 35.8. The molecule has 0 spiro atoms. The van der Waals surface area contributed by atoms with Crippen LogP contribution < -0.4 is 15.4 Å². The van der Waals surface area contributed by atoms with E-state index in [1.54, 1.807) is 68.7 Å². The van der Waals surface area contributed by atoms with Crippen LogP contribution in [0.4, 0.5) is 13.2 Å². The number of ether oxygens (including phenoxy) is 2. The van der Waals surface area contributed by atoms with E-state index in [-0.39, 0.29) is 55.4 Å². The molecule has 19 heteroatoms. The van der Waals surface area contributed by atoms with E-state index in [1.165, 1.54) is 41.8 Å². The van der Waals surface area contributed by atoms with Crippen LogP contribution in [0.5, 0.6) is 11.5 Å². The Hall–Kier alpha value is -6.76. The van der Waals surface area contributed by atoms with Gasteiger partial charge >= 0.3 is 6.18 Å². The fraction of sp³-hybridized carbons (Fsp3) is 0.429. The maximum Gasteiger partial charge on any atom is 0.416 e. The monoisotopic (exact) mass is 1050 g/mol. The first kappa shape index (κ1) is 56.0. The molecule has 0 saturated carbocycles. The zero-order valence-corrected chi connectivity index (χ0v) is 44.0. The SMILES string of the molecule is COC[C@@H]1NC(=O)[C@H](C)N(Cc2ccc(C(F)(F)F)cc2Oc2ccc(-c3cnc(CN4CCCC4)n3C)cc2)C(=O)C[C@@H](Cc2ccccc2)C(=O)N(C)[C@@H](C)CNC(=O)C[C@H](Cc2ccc(Cl)cc2)N(C)C1=O. The number of nitrogens with one attached hydrogen (secondary N) is 2. The third kappa shape index (κ3) is 14.6. The number of likely N-dealkylation sites (N-methyl/N-ethyl adjacent to an activating group) is 2. The summed E-state index contributed by atoms with van der Waals surface area (Å²) >= 11 is 6.18. The van der Waals surface area contributed by atoms with E-state index in [1.807, 2.05) is 41.9 Å². The van der Waals surface area contributed by atoms with Crippen LogP contribution in [0.1, 0.15) is 67.6 Å². The lowest BCUT2D eigenvalue weighted by atomic mass is 9.93. The normalized spacial score (nSPS) is 21.2. The number of hydrogen-bond donors (Lipinski definition) is 2. The minimum absolute atomic E-state index is 0.0481. The summed E-state index contributed by atoms with van der Waals surface area (Å²) in [6.45, 7) is 5.26. The summed E-state index contributed by atoms with van der Waals surface area (Å²) in [5.74, 6) is -2.94. The van der Waals surface area contributed by atoms with Crippen LogP contribution in [-0.4, -0.2) is 130 Å². The maximum atomic E-state index is 15.1. The van der Waals surface area contributed by atoms with Gasteiger partial charge in [0.2, 0.25) is 29.5 Å². The van der Waals surface area contributed by atoms with Gasteiger partial charge in [0.1, 0.15) is 29.4 Å². The van der Waals surface area contributed by atoms with E-state index < -0.39 is 78.4 Å². The van der Waals surface area contributed by atoms with Crippen molar-refractivity contribution in [1.29, 1.82) is 0 Å². The number of methoxy groups -OCH3 is 1. The topological polar surface area (TPSA) is 159 Å². The number of carbonyl (C=O) groups is 5. The highest BCUT2D eigenvalue weighted by Crippen LogP contribution is 2.37. The van der Waals surface area contributed by atoms with Crippen LogP contribution in [0.3, 0.4) is 0 Å². The van der Waals surface area contributed by atoms with Gasteiger partial charge in [-0.3, -0.25) is 28.9 Å². The minimum Gasteiger partial charge on any atom is -0.457 e. The van der Waals surface area contributed by atoms with Crippen molar-refractivity contribution in [3.8, 4) is 22.8 Å². The summed E-state index contributed by atoms with van der Waals surface area (Å²) in [4.78, 5) is 83.5. The van der Waals surface area contributed by atoms with Crippen LogP contribution in [-0.2, 0) is 67.9 Å². The molecule has 5 amide bonds. The molecule has 75 heavy (non-hydrogen) atoms. The summed E-state index contributed by atoms with van der Waals surface area (Å²) in [6.07, 6.45) is -0.883. The van der Waals surface area contributed by atoms with Crippen molar-refractivity contribution in [2.75, 3.05) is 47.4 Å². The van der Waals surface area contributed by atoms with Crippen LogP contribution in [0.2, 0.25) is 5.02 Å². The van der Waals surface area contributed by atoms with E-state index >= 15 is 4.79 Å². The molecule has 1 aromatic heterocycles. The second kappa shape index (κ2) is 25.2. The van der Waals surface area contributed by atoms with Crippen LogP contribution in [0.15, 0.2) is 103 Å². The smallest absolute Gasteiger partial charge is 0.416 e. The lowest BCUT2D eigenvalue weighted by molar-refractivity contribution is -0.147. The lowest BCUT2D eigenvalue weighted by Crippen LogP contribution is -2.57. The molecule has 4 aromatic carbocycles. The second-order valence-electron chi connectivity index (χ2n) is 19.6. The Balaban J connectivity index is 1.24. The predicted octanol–water partition coefficient (Wildman–Crippen LogP) is 7.68. The molecule has 2 aliphatic rings. The standard InChI is InChI=1S/C56H66ClF3N8O7/c1-36-31-62-51(69)30-45(27-39-14-20-44(57)21-15-39)65(4)55(73)47(35-74-6)63-53(71)37(2)68(52(70)28-42(54(72)64(36)3)26-38-12-8-7-9-13-38)33-41-16-19-43(56(58,59)60)29-49(41)75-46-22-17-40(18-23-46)48-32-61-50(66(48)5)34-67-24-10-11-25-67/h7-9,12-23,29,32,36-37,42,45,47H,10-11,24-28,30-31,33-35H2,1-6H3,(H,62,69)(H,63,71)/t36-,37-,42+,45-,47-/m0/s1. The van der Waals surface area contributed by atoms with Gasteiger partial charge in [0.25, 0.3) is 0 Å². The molecule has 0 unspecified atom stereocenters. The van der Waals surface area contributed by atoms with Crippen molar-refractivity contribution in [2.24, 2.45) is 13.0 Å². The first-order valence-electron chi connectivity index (χ1n) is 25.2. The summed E-state index contributed by atoms with van der Waals surface area (Å²) in [6, 6.07) is 21.9. The van der Waals surface area contributed by atoms with Crippen molar-refractivity contribution >= 4 is 41.1 Å². The quantitative estimate of drug-likeness (QED) is 0.121. The first-order valence-corrected chi connectivity index (χ1v) is 25.6. The van der Waals surface area contributed by atoms with Crippen LogP contribution >= 0.6 is 11.6 Å². The third-order valence-electron chi connectivity index (χ3n) is 14.3. The van der Waals surface area contributed by atoms with Gasteiger partial charge in [-0.05, 0) is 112 Å². The van der Waals surface area contributed by atoms with Gasteiger partial charge in [0, 0.05) is 75.9 Å². The van der Waals surface area contributed by atoms with Gasteiger partial charge in [-0.15, -0.1) is 0 Å². The van der Waals surface area contributed by atoms with Crippen molar-refractivity contribution < 1.29 is 46.6 Å². The van der Waals surface area contributed by atoms with E-state index in [2.05, 4.69) is 20.5 Å². The minimum atomic E-state index is -4.77. The molecule has 2 saturated heterocycles. The zero-order valence-electron chi connectivity index (χ0n) is 43.2. The van der Waals surface area contributed by atoms with E-state index in [9.17, 15) is 32.3 Å². The Morgan fingerprint density at radius 2 is 1.47 bits per heavy atom. The molecular weight excluding hydrogens is 989 g/mol. The molecular formula is C56H66ClF3N8O7. The van der Waals surface area contributed by atoms with Gasteiger partial charge in [-0.25, -0.2) is 4.98 Å². The van der Waals surface area contributed by atoms with Crippen molar-refractivity contribution in [3.63, 3.8) is 0 Å². The summed E-state index contributed by atoms with van der Waals surface area (Å²) in [7, 11) is 6.40. The van der Waals surface area contributed by atoms with Gasteiger partial charge in [-0.2, -0.15) is 13.2 Å². The number of likely N-dealkylation sites (tertiary alicyclic amines) is 1. The highest BCUT2D eigenvalue weighted by molar-refractivity contribution is 6.30. The number of hydrogen-bond acceptors (Lipinski definition) is 9. The molecule has 2 aliphatic heterocycles. The molecule has 2 N–H and O–H groups in total. The van der Waals surface area contributed by atoms with Crippen molar-refractivity contribution in [3.05, 3.63) is 136 Å². The van der Waals surface area contributed by atoms with E-state index in [4.69, 9.17) is 21.1 Å². The maximum absolute atomic E-state index is 15.1. The molecule has 5 aromatic rings. The molecule has 0 bridgehead atoms. The number of benzene rings is 4. The zero-order chi connectivity index (χ0) is 54.0. The Morgan fingerprint density at radius 1 is 0.787 bits per heavy atom. The molecule has 400 valence electrons. The second-order valence-corrected chi connectivity index (χ2v) is 20.0. The van der Waals surface area contributed by atoms with Crippen molar-refractivity contribution in [1.82, 2.24) is 39.8 Å². The lowest BCUT2D eigenvalue weighted by Gasteiger charge is -2.35. The molecule has 0 radical (unpaired) electrons. The predicted molar refractivity (Wildman–Crippen MR) is 278 cm³/mol. The number of rotatable bonds is 13. The number of imidazole rings is 1. The third-order valence-corrected chi connectivity index (χ3v) is 14.5. The fourth-order valence-electron chi connectivity index (χ4n) is 9.51. The number of amides is 5. The molecule has 2 fully saturated rings. The molecule has 7 rings (SSSR count). The van der Waals surface area contributed by atoms with E-state index in [0.717, 1.165) is 66.3 Å². The molecule has 5 atom stereocenters. The highest BCUT2D eigenvalue weighted by Gasteiger charge is 2.37. The number of alkyl halides is 3. The van der Waals surface area contributed by atoms with Gasteiger partial charge in [0.15, 0.2) is 0 Å². The Labute approximate surface area is 441 Å². The molecule has 15 nitrogen and oxygen atoms in total. The number of aromatic nitrogens is 2. The van der Waals surface area contributed by atoms with Crippen LogP contribution in [0.25, 0.3) is 11.3 Å². The molecule has 3 heterocycles. The fourth-order valence-corrected chi connectivity index (χ4v) is 9.63. The Kier molecular flexibility index (Phi) is 18.8. The highest BCUT2D eigenvalue weighted by atomic mass is 35.5. The largest absolute Gasteiger partial charge is 0.457 e. The van der Waals surface area contributed by atoms with E-state index in [0.29, 0.717) is 11.6 Å². The van der Waals surface area contributed by atoms with Crippen LogP contribution in [0, 0.1) is 5.92 Å². The molecule has 0 aliphatic carbocycles. The number of nitrogens with zero attached hydrogens (tertiary/aromatic N) is 6. The van der Waals surface area contributed by atoms with Gasteiger partial charge in [-0.1, -0.05) is 60.1 Å². The summed E-state index contributed by atoms with van der Waals surface area (Å²) in [5, 5.41) is 6.18. The Bertz CT molecular complexity index is 2770. The van der Waals surface area contributed by atoms with Crippen molar-refractivity contribution in [2.45, 2.75) is 95.8 Å². The average molecular weight is 1060 g/mol. The summed E-state index contributed by atoms with van der Waals surface area (Å²) in [5.41, 5.74) is 2.31. The van der Waals surface area contributed by atoms with Gasteiger partial charge in [0.05, 0.1) is 43.1 Å². The number of carbonyl (C=O) groups excluding carboxylic acids is 5. The summed E-state index contributed by atoms with van der Waals surface area (Å²) < 4.78 is 57.1. The average Bonchev–Trinajstić information content (AvgIpc) is 4.05. The number of halogens is 4. The van der Waals surface area contributed by atoms with Gasteiger partial charge < -0.3 is 39.4 Å². The Morgan fingerprint density at radius 3 is 2.13 bits per heavy atom.